The topological polar surface area (TPSA) is 97.1 Å². The van der Waals surface area contributed by atoms with Gasteiger partial charge in [-0.25, -0.2) is 0 Å². The molecule has 1 unspecified atom stereocenters. The number of carbonyl (C=O) groups excluding carboxylic acids is 1. The van der Waals surface area contributed by atoms with Crippen LogP contribution in [-0.4, -0.2) is 64.5 Å². The summed E-state index contributed by atoms with van der Waals surface area (Å²) in [4.78, 5) is 16.1. The standard InChI is InChI=1S/C18H30N4O4/c1-14-5-12-26-16(14)17(23)20-7-3-8-21-18(19-2)22-9-4-10-25-15-6-11-24-13-15/h5,12,15H,3-4,6-11,13H2,1-2H3,(H,20,23)(H2,19,21,22). The van der Waals surface area contributed by atoms with Crippen LogP contribution in [0.5, 0.6) is 0 Å². The number of furan rings is 1. The molecule has 146 valence electrons. The van der Waals surface area contributed by atoms with Crippen molar-refractivity contribution in [2.24, 2.45) is 4.99 Å². The van der Waals surface area contributed by atoms with Gasteiger partial charge in [0.15, 0.2) is 11.7 Å². The van der Waals surface area contributed by atoms with Gasteiger partial charge in [0.1, 0.15) is 0 Å². The summed E-state index contributed by atoms with van der Waals surface area (Å²) in [5.41, 5.74) is 0.842. The van der Waals surface area contributed by atoms with Gasteiger partial charge in [0, 0.05) is 45.5 Å². The SMILES string of the molecule is CN=C(NCCCNC(=O)c1occc1C)NCCCOC1CCOC1. The fourth-order valence-electron chi connectivity index (χ4n) is 2.58. The summed E-state index contributed by atoms with van der Waals surface area (Å²) >= 11 is 0. The number of hydrogen-bond acceptors (Lipinski definition) is 5. The highest BCUT2D eigenvalue weighted by Gasteiger charge is 2.15. The molecule has 2 rings (SSSR count). The van der Waals surface area contributed by atoms with Crippen molar-refractivity contribution in [2.45, 2.75) is 32.3 Å². The second-order valence-corrected chi connectivity index (χ2v) is 6.18. The van der Waals surface area contributed by atoms with E-state index < -0.39 is 0 Å². The smallest absolute Gasteiger partial charge is 0.287 e. The molecular weight excluding hydrogens is 336 g/mol. The first-order valence-electron chi connectivity index (χ1n) is 9.17. The van der Waals surface area contributed by atoms with E-state index in [1.807, 2.05) is 6.92 Å². The molecule has 26 heavy (non-hydrogen) atoms. The predicted molar refractivity (Wildman–Crippen MR) is 99.6 cm³/mol. The quantitative estimate of drug-likeness (QED) is 0.326. The van der Waals surface area contributed by atoms with E-state index in [1.165, 1.54) is 6.26 Å². The van der Waals surface area contributed by atoms with Crippen LogP contribution in [0.25, 0.3) is 0 Å². The van der Waals surface area contributed by atoms with Gasteiger partial charge >= 0.3 is 0 Å². The highest BCUT2D eigenvalue weighted by molar-refractivity contribution is 5.92. The minimum Gasteiger partial charge on any atom is -0.459 e. The van der Waals surface area contributed by atoms with Gasteiger partial charge in [-0.1, -0.05) is 0 Å². The largest absolute Gasteiger partial charge is 0.459 e. The van der Waals surface area contributed by atoms with Gasteiger partial charge < -0.3 is 29.8 Å². The molecule has 1 atom stereocenters. The fraction of sp³-hybridized carbons (Fsp3) is 0.667. The summed E-state index contributed by atoms with van der Waals surface area (Å²) in [6, 6.07) is 1.78. The molecule has 0 bridgehead atoms. The van der Waals surface area contributed by atoms with Crippen molar-refractivity contribution >= 4 is 11.9 Å². The fourth-order valence-corrected chi connectivity index (χ4v) is 2.58. The third kappa shape index (κ3) is 7.05. The number of rotatable bonds is 10. The van der Waals surface area contributed by atoms with Crippen molar-refractivity contribution in [2.75, 3.05) is 46.5 Å². The molecule has 1 saturated heterocycles. The maximum atomic E-state index is 11.9. The summed E-state index contributed by atoms with van der Waals surface area (Å²) in [5, 5.41) is 9.32. The Balaban J connectivity index is 1.48. The molecule has 1 fully saturated rings. The summed E-state index contributed by atoms with van der Waals surface area (Å²) < 4.78 is 16.2. The predicted octanol–water partition coefficient (Wildman–Crippen LogP) is 1.07. The lowest BCUT2D eigenvalue weighted by molar-refractivity contribution is 0.0420. The first-order chi connectivity index (χ1) is 12.7. The van der Waals surface area contributed by atoms with E-state index in [2.05, 4.69) is 20.9 Å². The van der Waals surface area contributed by atoms with Crippen LogP contribution in [0.4, 0.5) is 0 Å². The Morgan fingerprint density at radius 2 is 2.04 bits per heavy atom. The van der Waals surface area contributed by atoms with E-state index in [4.69, 9.17) is 13.9 Å². The number of guanidine groups is 1. The average Bonchev–Trinajstić information content (AvgIpc) is 3.30. The first-order valence-corrected chi connectivity index (χ1v) is 9.17. The van der Waals surface area contributed by atoms with E-state index in [1.54, 1.807) is 13.1 Å². The zero-order valence-electron chi connectivity index (χ0n) is 15.7. The monoisotopic (exact) mass is 366 g/mol. The lowest BCUT2D eigenvalue weighted by Crippen LogP contribution is -2.39. The number of nitrogens with one attached hydrogen (secondary N) is 3. The lowest BCUT2D eigenvalue weighted by atomic mass is 10.2. The molecule has 1 aliphatic rings. The first kappa shape index (κ1) is 20.3. The Morgan fingerprint density at radius 3 is 2.69 bits per heavy atom. The van der Waals surface area contributed by atoms with Gasteiger partial charge in [-0.3, -0.25) is 9.79 Å². The van der Waals surface area contributed by atoms with Crippen molar-refractivity contribution in [3.8, 4) is 0 Å². The summed E-state index contributed by atoms with van der Waals surface area (Å²) in [6.07, 6.45) is 4.47. The van der Waals surface area contributed by atoms with Crippen molar-refractivity contribution in [1.29, 1.82) is 0 Å². The van der Waals surface area contributed by atoms with Gasteiger partial charge in [0.05, 0.1) is 19.0 Å². The highest BCUT2D eigenvalue weighted by atomic mass is 16.5. The molecule has 2 heterocycles. The van der Waals surface area contributed by atoms with Crippen LogP contribution >= 0.6 is 0 Å². The molecule has 0 radical (unpaired) electrons. The number of aryl methyl sites for hydroxylation is 1. The number of carbonyl (C=O) groups is 1. The minimum atomic E-state index is -0.178. The number of hydrogen-bond donors (Lipinski definition) is 3. The van der Waals surface area contributed by atoms with Crippen LogP contribution in [-0.2, 0) is 9.47 Å². The van der Waals surface area contributed by atoms with Crippen LogP contribution in [0.3, 0.4) is 0 Å². The van der Waals surface area contributed by atoms with Crippen LogP contribution < -0.4 is 16.0 Å². The van der Waals surface area contributed by atoms with Gasteiger partial charge in [-0.05, 0) is 32.3 Å². The normalized spacial score (nSPS) is 17.3. The Labute approximate surface area is 154 Å². The molecule has 0 aromatic carbocycles. The van der Waals surface area contributed by atoms with Gasteiger partial charge in [-0.2, -0.15) is 0 Å². The molecular formula is C18H30N4O4. The van der Waals surface area contributed by atoms with E-state index in [-0.39, 0.29) is 12.0 Å². The van der Waals surface area contributed by atoms with Gasteiger partial charge in [-0.15, -0.1) is 0 Å². The molecule has 0 spiro atoms. The molecule has 1 aromatic heterocycles. The molecule has 1 aromatic rings. The average molecular weight is 366 g/mol. The minimum absolute atomic E-state index is 0.178. The Morgan fingerprint density at radius 1 is 1.27 bits per heavy atom. The van der Waals surface area contributed by atoms with Crippen LogP contribution in [0.15, 0.2) is 21.7 Å². The van der Waals surface area contributed by atoms with Crippen molar-refractivity contribution in [1.82, 2.24) is 16.0 Å². The number of nitrogens with zero attached hydrogens (tertiary/aromatic N) is 1. The molecule has 0 saturated carbocycles. The zero-order valence-corrected chi connectivity index (χ0v) is 15.7. The van der Waals surface area contributed by atoms with Gasteiger partial charge in [0.2, 0.25) is 0 Å². The molecule has 1 amide bonds. The molecule has 1 aliphatic heterocycles. The van der Waals surface area contributed by atoms with Gasteiger partial charge in [0.25, 0.3) is 5.91 Å². The summed E-state index contributed by atoms with van der Waals surface area (Å²) in [7, 11) is 1.74. The third-order valence-electron chi connectivity index (χ3n) is 4.08. The molecule has 8 nitrogen and oxygen atoms in total. The number of amides is 1. The number of aliphatic imine (C=N–C) groups is 1. The van der Waals surface area contributed by atoms with Crippen LogP contribution in [0.2, 0.25) is 0 Å². The lowest BCUT2D eigenvalue weighted by Gasteiger charge is -2.13. The summed E-state index contributed by atoms with van der Waals surface area (Å²) in [6.45, 7) is 6.17. The van der Waals surface area contributed by atoms with Crippen LogP contribution in [0.1, 0.15) is 35.4 Å². The van der Waals surface area contributed by atoms with E-state index in [9.17, 15) is 4.79 Å². The van der Waals surface area contributed by atoms with Crippen molar-refractivity contribution < 1.29 is 18.7 Å². The van der Waals surface area contributed by atoms with E-state index in [0.29, 0.717) is 25.5 Å². The van der Waals surface area contributed by atoms with E-state index in [0.717, 1.165) is 50.5 Å². The van der Waals surface area contributed by atoms with Crippen LogP contribution in [0, 0.1) is 6.92 Å². The maximum absolute atomic E-state index is 11.9. The Kier molecular flexibility index (Phi) is 8.99. The molecule has 3 N–H and O–H groups in total. The molecule has 0 aliphatic carbocycles. The number of ether oxygens (including phenoxy) is 2. The molecule has 8 heteroatoms. The third-order valence-corrected chi connectivity index (χ3v) is 4.08. The maximum Gasteiger partial charge on any atom is 0.287 e. The van der Waals surface area contributed by atoms with Crippen molar-refractivity contribution in [3.05, 3.63) is 23.7 Å². The summed E-state index contributed by atoms with van der Waals surface area (Å²) in [5.74, 6) is 0.951. The van der Waals surface area contributed by atoms with Crippen molar-refractivity contribution in [3.63, 3.8) is 0 Å². The van der Waals surface area contributed by atoms with E-state index >= 15 is 0 Å². The zero-order chi connectivity index (χ0) is 18.6. The Bertz CT molecular complexity index is 567. The highest BCUT2D eigenvalue weighted by Crippen LogP contribution is 2.08. The second-order valence-electron chi connectivity index (χ2n) is 6.18. The second kappa shape index (κ2) is 11.5. The Hall–Kier alpha value is -2.06.